The van der Waals surface area contributed by atoms with E-state index in [4.69, 9.17) is 24.8 Å². The Morgan fingerprint density at radius 3 is 2.65 bits per heavy atom. The Kier molecular flexibility index (Phi) is 10.9. The Hall–Kier alpha value is -2.78. The van der Waals surface area contributed by atoms with Gasteiger partial charge in [-0.1, -0.05) is 53.7 Å². The van der Waals surface area contributed by atoms with Crippen molar-refractivity contribution in [2.75, 3.05) is 38.2 Å². The van der Waals surface area contributed by atoms with Crippen molar-refractivity contribution in [3.8, 4) is 0 Å². The zero-order valence-corrected chi connectivity index (χ0v) is 25.0. The molecule has 1 amide bonds. The number of aliphatic hydroxyl groups is 1. The highest BCUT2D eigenvalue weighted by Crippen LogP contribution is 2.33. The van der Waals surface area contributed by atoms with Gasteiger partial charge in [-0.3, -0.25) is 4.84 Å². The molecule has 236 valence electrons. The number of rotatable bonds is 14. The van der Waals surface area contributed by atoms with Gasteiger partial charge in [-0.05, 0) is 49.4 Å². The first-order valence-corrected chi connectivity index (χ1v) is 16.4. The minimum absolute atomic E-state index is 0.0151. The van der Waals surface area contributed by atoms with E-state index in [9.17, 15) is 18.3 Å². The summed E-state index contributed by atoms with van der Waals surface area (Å²) in [6.07, 6.45) is 1.08. The minimum Gasteiger partial charge on any atom is -0.443 e. The van der Waals surface area contributed by atoms with E-state index in [1.165, 1.54) is 12.1 Å². The Bertz CT molecular complexity index is 1290. The van der Waals surface area contributed by atoms with Crippen LogP contribution >= 0.6 is 0 Å². The SMILES string of the molecule is NCCNc1cccc(S(=O)(=O)N(C[C@H](O)[C@H](Cc2ccccc2)NC(=O)O[C@@H]2CO[C@@H]3OCC[C@@H]32)OC2CCCC2)c1. The third kappa shape index (κ3) is 8.24. The van der Waals surface area contributed by atoms with Crippen LogP contribution < -0.4 is 16.4 Å². The molecular formula is C30H42N4O8S. The quantitative estimate of drug-likeness (QED) is 0.231. The highest BCUT2D eigenvalue weighted by Gasteiger charge is 2.44. The van der Waals surface area contributed by atoms with Gasteiger partial charge in [0.1, 0.15) is 6.10 Å². The van der Waals surface area contributed by atoms with Crippen LogP contribution in [0.4, 0.5) is 10.5 Å². The van der Waals surface area contributed by atoms with Gasteiger partial charge in [0.25, 0.3) is 10.0 Å². The van der Waals surface area contributed by atoms with E-state index in [1.54, 1.807) is 12.1 Å². The maximum absolute atomic E-state index is 13.9. The summed E-state index contributed by atoms with van der Waals surface area (Å²) >= 11 is 0. The molecule has 3 aliphatic rings. The molecule has 0 radical (unpaired) electrons. The molecule has 5 N–H and O–H groups in total. The minimum atomic E-state index is -4.19. The number of sulfonamides is 1. The third-order valence-electron chi connectivity index (χ3n) is 8.09. The molecule has 13 heteroatoms. The van der Waals surface area contributed by atoms with Gasteiger partial charge in [0.15, 0.2) is 6.29 Å². The van der Waals surface area contributed by atoms with E-state index >= 15 is 0 Å². The molecule has 2 aliphatic heterocycles. The van der Waals surface area contributed by atoms with Gasteiger partial charge in [-0.2, -0.15) is 0 Å². The number of nitrogens with zero attached hydrogens (tertiary/aromatic N) is 1. The molecule has 5 rings (SSSR count). The fourth-order valence-corrected chi connectivity index (χ4v) is 7.11. The highest BCUT2D eigenvalue weighted by molar-refractivity contribution is 7.89. The number of hydrogen-bond donors (Lipinski definition) is 4. The zero-order chi connectivity index (χ0) is 30.2. The van der Waals surface area contributed by atoms with Crippen LogP contribution in [0.5, 0.6) is 0 Å². The second-order valence-electron chi connectivity index (χ2n) is 11.2. The second-order valence-corrected chi connectivity index (χ2v) is 13.1. The fourth-order valence-electron chi connectivity index (χ4n) is 5.76. The number of anilines is 1. The van der Waals surface area contributed by atoms with E-state index in [1.807, 2.05) is 30.3 Å². The summed E-state index contributed by atoms with van der Waals surface area (Å²) in [6, 6.07) is 14.9. The summed E-state index contributed by atoms with van der Waals surface area (Å²) in [7, 11) is -4.19. The molecule has 1 saturated carbocycles. The number of aliphatic hydroxyl groups excluding tert-OH is 1. The standard InChI is InChI=1S/C30H42N4O8S/c31-14-15-32-22-9-6-12-24(18-22)43(37,38)34(42-23-10-4-5-11-23)19-27(35)26(17-21-7-2-1-3-8-21)33-30(36)41-28-20-40-29-25(28)13-16-39-29/h1-3,6-9,12,18,23,25-29,32,35H,4-5,10-11,13-17,19-20,31H2,(H,33,36)/t25-,26+,27+,28-,29+/m1/s1. The van der Waals surface area contributed by atoms with Crippen LogP contribution in [0, 0.1) is 5.92 Å². The summed E-state index contributed by atoms with van der Waals surface area (Å²) in [6.45, 7) is 1.25. The topological polar surface area (TPSA) is 162 Å². The summed E-state index contributed by atoms with van der Waals surface area (Å²) in [5, 5.41) is 17.4. The molecule has 0 unspecified atom stereocenters. The molecule has 12 nitrogen and oxygen atoms in total. The van der Waals surface area contributed by atoms with Crippen LogP contribution in [-0.2, 0) is 35.5 Å². The maximum atomic E-state index is 13.9. The number of benzene rings is 2. The highest BCUT2D eigenvalue weighted by atomic mass is 32.2. The summed E-state index contributed by atoms with van der Waals surface area (Å²) in [5.41, 5.74) is 7.05. The van der Waals surface area contributed by atoms with Gasteiger partial charge in [0.05, 0.1) is 48.8 Å². The van der Waals surface area contributed by atoms with Gasteiger partial charge in [0, 0.05) is 18.8 Å². The van der Waals surface area contributed by atoms with E-state index in [2.05, 4.69) is 10.6 Å². The van der Waals surface area contributed by atoms with Crippen molar-refractivity contribution < 1.29 is 37.4 Å². The zero-order valence-electron chi connectivity index (χ0n) is 24.2. The van der Waals surface area contributed by atoms with Gasteiger partial charge in [-0.15, -0.1) is 0 Å². The predicted octanol–water partition coefficient (Wildman–Crippen LogP) is 2.38. The molecule has 0 aromatic heterocycles. The molecule has 2 aromatic carbocycles. The first kappa shape index (κ1) is 31.6. The van der Waals surface area contributed by atoms with Crippen molar-refractivity contribution in [3.05, 3.63) is 60.2 Å². The average Bonchev–Trinajstić information content (AvgIpc) is 3.77. The lowest BCUT2D eigenvalue weighted by Crippen LogP contribution is -2.51. The van der Waals surface area contributed by atoms with Crippen LogP contribution in [0.15, 0.2) is 59.5 Å². The molecule has 5 atom stereocenters. The van der Waals surface area contributed by atoms with Crippen LogP contribution in [0.3, 0.4) is 0 Å². The van der Waals surface area contributed by atoms with Gasteiger partial charge >= 0.3 is 6.09 Å². The number of fused-ring (bicyclic) bond motifs is 1. The third-order valence-corrected chi connectivity index (χ3v) is 9.71. The van der Waals surface area contributed by atoms with Crippen molar-refractivity contribution >= 4 is 21.8 Å². The molecule has 1 aliphatic carbocycles. The van der Waals surface area contributed by atoms with E-state index in [-0.39, 0.29) is 36.2 Å². The first-order chi connectivity index (χ1) is 20.8. The monoisotopic (exact) mass is 618 g/mol. The van der Waals surface area contributed by atoms with Crippen LogP contribution in [-0.4, -0.2) is 87.6 Å². The van der Waals surface area contributed by atoms with Crippen molar-refractivity contribution in [2.24, 2.45) is 11.7 Å². The van der Waals surface area contributed by atoms with E-state index in [0.29, 0.717) is 38.2 Å². The fraction of sp³-hybridized carbons (Fsp3) is 0.567. The smallest absolute Gasteiger partial charge is 0.407 e. The molecule has 0 bridgehead atoms. The number of amides is 1. The largest absolute Gasteiger partial charge is 0.443 e. The van der Waals surface area contributed by atoms with Crippen molar-refractivity contribution in [2.45, 2.75) is 74.1 Å². The molecule has 2 heterocycles. The lowest BCUT2D eigenvalue weighted by Gasteiger charge is -2.31. The normalized spacial score (nSPS) is 23.7. The lowest BCUT2D eigenvalue weighted by molar-refractivity contribution is -0.145. The van der Waals surface area contributed by atoms with Crippen molar-refractivity contribution in [1.82, 2.24) is 9.79 Å². The van der Waals surface area contributed by atoms with Crippen molar-refractivity contribution in [3.63, 3.8) is 0 Å². The van der Waals surface area contributed by atoms with E-state index in [0.717, 1.165) is 29.3 Å². The van der Waals surface area contributed by atoms with Crippen molar-refractivity contribution in [1.29, 1.82) is 0 Å². The van der Waals surface area contributed by atoms with E-state index < -0.39 is 40.9 Å². The number of carbonyl (C=O) groups excluding carboxylic acids is 1. The number of hydrogen-bond acceptors (Lipinski definition) is 10. The maximum Gasteiger partial charge on any atom is 0.407 e. The molecule has 3 fully saturated rings. The summed E-state index contributed by atoms with van der Waals surface area (Å²) in [5.74, 6) is -0.0428. The van der Waals surface area contributed by atoms with Gasteiger partial charge < -0.3 is 35.7 Å². The number of hydroxylamine groups is 1. The summed E-state index contributed by atoms with van der Waals surface area (Å²) < 4.78 is 45.5. The van der Waals surface area contributed by atoms with Gasteiger partial charge in [0.2, 0.25) is 0 Å². The second kappa shape index (κ2) is 14.8. The Balaban J connectivity index is 1.34. The van der Waals surface area contributed by atoms with Gasteiger partial charge in [-0.25, -0.2) is 13.2 Å². The Morgan fingerprint density at radius 2 is 1.88 bits per heavy atom. The Morgan fingerprint density at radius 1 is 1.09 bits per heavy atom. The predicted molar refractivity (Wildman–Crippen MR) is 158 cm³/mol. The van der Waals surface area contributed by atoms with Crippen LogP contribution in [0.1, 0.15) is 37.7 Å². The summed E-state index contributed by atoms with van der Waals surface area (Å²) in [4.78, 5) is 19.1. The van der Waals surface area contributed by atoms with Crippen LogP contribution in [0.25, 0.3) is 0 Å². The first-order valence-electron chi connectivity index (χ1n) is 15.0. The molecular weight excluding hydrogens is 576 g/mol. The molecule has 2 saturated heterocycles. The number of carbonyl (C=O) groups is 1. The van der Waals surface area contributed by atoms with Crippen LogP contribution in [0.2, 0.25) is 0 Å². The number of alkyl carbamates (subject to hydrolysis) is 1. The molecule has 43 heavy (non-hydrogen) atoms. The Labute approximate surface area is 252 Å². The number of nitrogens with two attached hydrogens (primary N) is 1. The number of nitrogens with one attached hydrogen (secondary N) is 2. The molecule has 0 spiro atoms. The average molecular weight is 619 g/mol. The molecule has 2 aromatic rings. The number of ether oxygens (including phenoxy) is 3. The lowest BCUT2D eigenvalue weighted by atomic mass is 10.0.